The first-order valence-corrected chi connectivity index (χ1v) is 9.55. The van der Waals surface area contributed by atoms with Gasteiger partial charge in [0.05, 0.1) is 18.3 Å². The van der Waals surface area contributed by atoms with Crippen molar-refractivity contribution in [3.63, 3.8) is 0 Å². The van der Waals surface area contributed by atoms with Crippen LogP contribution in [0.4, 0.5) is 11.5 Å². The summed E-state index contributed by atoms with van der Waals surface area (Å²) in [5.74, 6) is 1.22. The molecule has 31 heavy (non-hydrogen) atoms. The zero-order valence-electron chi connectivity index (χ0n) is 16.6. The van der Waals surface area contributed by atoms with Crippen molar-refractivity contribution < 1.29 is 9.84 Å². The Balaban J connectivity index is 1.49. The molecule has 0 atom stereocenters. The Kier molecular flexibility index (Phi) is 4.64. The molecule has 152 valence electrons. The summed E-state index contributed by atoms with van der Waals surface area (Å²) in [5, 5.41) is 18.5. The van der Waals surface area contributed by atoms with Crippen LogP contribution in [-0.2, 0) is 0 Å². The van der Waals surface area contributed by atoms with Crippen LogP contribution in [0.1, 0.15) is 0 Å². The number of benzene rings is 3. The molecule has 0 amide bonds. The number of nitrogens with zero attached hydrogens (tertiary/aromatic N) is 5. The number of nitrogens with one attached hydrogen (secondary N) is 1. The van der Waals surface area contributed by atoms with Crippen molar-refractivity contribution in [2.24, 2.45) is 0 Å². The predicted octanol–water partition coefficient (Wildman–Crippen LogP) is 4.34. The number of hydrogen-bond acceptors (Lipinski definition) is 7. The molecule has 0 saturated carbocycles. The number of rotatable bonds is 5. The Bertz CT molecular complexity index is 1350. The third-order valence-electron chi connectivity index (χ3n) is 4.96. The van der Waals surface area contributed by atoms with Crippen LogP contribution in [-0.4, -0.2) is 36.9 Å². The number of methoxy groups -OCH3 is 1. The lowest BCUT2D eigenvalue weighted by Crippen LogP contribution is -1.98. The first-order valence-electron chi connectivity index (χ1n) is 9.55. The van der Waals surface area contributed by atoms with Crippen LogP contribution in [0, 0.1) is 0 Å². The molecule has 0 aliphatic rings. The van der Waals surface area contributed by atoms with Gasteiger partial charge < -0.3 is 15.2 Å². The van der Waals surface area contributed by atoms with E-state index in [4.69, 9.17) is 4.74 Å². The Labute approximate surface area is 177 Å². The van der Waals surface area contributed by atoms with E-state index >= 15 is 0 Å². The molecule has 0 saturated heterocycles. The lowest BCUT2D eigenvalue weighted by molar-refractivity contribution is 0.373. The van der Waals surface area contributed by atoms with Crippen molar-refractivity contribution in [2.45, 2.75) is 0 Å². The van der Waals surface area contributed by atoms with E-state index in [0.717, 1.165) is 33.4 Å². The molecular formula is C23H18N6O2. The minimum atomic E-state index is 0.0928. The largest absolute Gasteiger partial charge is 0.504 e. The second-order valence-corrected chi connectivity index (χ2v) is 6.85. The van der Waals surface area contributed by atoms with E-state index in [-0.39, 0.29) is 5.75 Å². The number of phenolic OH excluding ortho intramolecular Hbond substituents is 1. The smallest absolute Gasteiger partial charge is 0.160 e. The summed E-state index contributed by atoms with van der Waals surface area (Å²) in [4.78, 5) is 12.8. The monoisotopic (exact) mass is 410 g/mol. The maximum absolute atomic E-state index is 10.1. The van der Waals surface area contributed by atoms with Crippen molar-refractivity contribution in [3.05, 3.63) is 79.6 Å². The number of hydrogen-bond donors (Lipinski definition) is 2. The molecule has 2 heterocycles. The van der Waals surface area contributed by atoms with Crippen molar-refractivity contribution in [2.75, 3.05) is 12.4 Å². The zero-order valence-corrected chi connectivity index (χ0v) is 16.6. The average molecular weight is 410 g/mol. The predicted molar refractivity (Wildman–Crippen MR) is 118 cm³/mol. The van der Waals surface area contributed by atoms with E-state index in [1.54, 1.807) is 23.1 Å². The number of ether oxygens (including phenoxy) is 1. The van der Waals surface area contributed by atoms with Crippen LogP contribution in [0.25, 0.3) is 27.7 Å². The summed E-state index contributed by atoms with van der Waals surface area (Å²) in [5.41, 5.74) is 4.42. The topological polar surface area (TPSA) is 98.0 Å². The molecule has 0 fully saturated rings. The second-order valence-electron chi connectivity index (χ2n) is 6.85. The number of anilines is 2. The molecule has 3 aromatic carbocycles. The molecule has 0 bridgehead atoms. The standard InChI is InChI=1S/C23H18N6O2/c1-31-22-9-3-16(11-21(22)30)15-2-8-20-19(10-15)23(26-13-25-20)28-17-4-6-18(7-5-17)29-14-24-12-27-29/h2-14,30H,1H3,(H,25,26,28). The summed E-state index contributed by atoms with van der Waals surface area (Å²) >= 11 is 0. The van der Waals surface area contributed by atoms with Crippen LogP contribution >= 0.6 is 0 Å². The van der Waals surface area contributed by atoms with Gasteiger partial charge in [-0.25, -0.2) is 19.6 Å². The molecule has 8 nitrogen and oxygen atoms in total. The molecule has 0 radical (unpaired) electrons. The lowest BCUT2D eigenvalue weighted by atomic mass is 10.0. The third kappa shape index (κ3) is 3.62. The first kappa shape index (κ1) is 18.6. The highest BCUT2D eigenvalue weighted by molar-refractivity contribution is 5.94. The number of fused-ring (bicyclic) bond motifs is 1. The van der Waals surface area contributed by atoms with Crippen molar-refractivity contribution >= 4 is 22.4 Å². The van der Waals surface area contributed by atoms with E-state index < -0.39 is 0 Å². The molecule has 2 N–H and O–H groups in total. The summed E-state index contributed by atoms with van der Waals surface area (Å²) in [6.07, 6.45) is 4.69. The highest BCUT2D eigenvalue weighted by Crippen LogP contribution is 2.33. The van der Waals surface area contributed by atoms with Gasteiger partial charge in [-0.2, -0.15) is 5.10 Å². The summed E-state index contributed by atoms with van der Waals surface area (Å²) in [6.45, 7) is 0. The molecular weight excluding hydrogens is 392 g/mol. The zero-order chi connectivity index (χ0) is 21.2. The molecule has 8 heteroatoms. The maximum atomic E-state index is 10.1. The molecule has 5 rings (SSSR count). The minimum absolute atomic E-state index is 0.0928. The highest BCUT2D eigenvalue weighted by atomic mass is 16.5. The number of aromatic hydroxyl groups is 1. The van der Waals surface area contributed by atoms with E-state index in [2.05, 4.69) is 25.4 Å². The summed E-state index contributed by atoms with van der Waals surface area (Å²) < 4.78 is 6.83. The van der Waals surface area contributed by atoms with Gasteiger partial charge in [0.25, 0.3) is 0 Å². The summed E-state index contributed by atoms with van der Waals surface area (Å²) in [6, 6.07) is 19.0. The van der Waals surface area contributed by atoms with E-state index in [1.165, 1.54) is 19.8 Å². The quantitative estimate of drug-likeness (QED) is 0.445. The molecule has 0 aliphatic carbocycles. The first-order chi connectivity index (χ1) is 15.2. The molecule has 0 unspecified atom stereocenters. The van der Waals surface area contributed by atoms with Gasteiger partial charge in [0.15, 0.2) is 11.5 Å². The van der Waals surface area contributed by atoms with E-state index in [9.17, 15) is 5.11 Å². The van der Waals surface area contributed by atoms with Gasteiger partial charge >= 0.3 is 0 Å². The van der Waals surface area contributed by atoms with Gasteiger partial charge in [-0.05, 0) is 59.7 Å². The van der Waals surface area contributed by atoms with Gasteiger partial charge in [0.1, 0.15) is 24.8 Å². The maximum Gasteiger partial charge on any atom is 0.160 e. The van der Waals surface area contributed by atoms with Crippen LogP contribution in [0.5, 0.6) is 11.5 Å². The SMILES string of the molecule is COc1ccc(-c2ccc3ncnc(Nc4ccc(-n5cncn5)cc4)c3c2)cc1O. The van der Waals surface area contributed by atoms with Gasteiger partial charge in [0, 0.05) is 11.1 Å². The molecule has 2 aromatic heterocycles. The van der Waals surface area contributed by atoms with Crippen molar-refractivity contribution in [1.29, 1.82) is 0 Å². The lowest BCUT2D eigenvalue weighted by Gasteiger charge is -2.11. The fraction of sp³-hybridized carbons (Fsp3) is 0.0435. The number of phenols is 1. The average Bonchev–Trinajstić information content (AvgIpc) is 3.34. The van der Waals surface area contributed by atoms with Gasteiger partial charge in [0.2, 0.25) is 0 Å². The van der Waals surface area contributed by atoms with Crippen LogP contribution < -0.4 is 10.1 Å². The third-order valence-corrected chi connectivity index (χ3v) is 4.96. The summed E-state index contributed by atoms with van der Waals surface area (Å²) in [7, 11) is 1.53. The molecule has 0 spiro atoms. The van der Waals surface area contributed by atoms with Crippen molar-refractivity contribution in [3.8, 4) is 28.3 Å². The van der Waals surface area contributed by atoms with Gasteiger partial charge in [-0.15, -0.1) is 0 Å². The fourth-order valence-corrected chi connectivity index (χ4v) is 3.38. The van der Waals surface area contributed by atoms with E-state index in [0.29, 0.717) is 11.6 Å². The number of aromatic nitrogens is 5. The Morgan fingerprint density at radius 2 is 1.71 bits per heavy atom. The highest BCUT2D eigenvalue weighted by Gasteiger charge is 2.09. The fourth-order valence-electron chi connectivity index (χ4n) is 3.38. The Morgan fingerprint density at radius 3 is 2.45 bits per heavy atom. The van der Waals surface area contributed by atoms with Crippen molar-refractivity contribution in [1.82, 2.24) is 24.7 Å². The van der Waals surface area contributed by atoms with Crippen LogP contribution in [0.3, 0.4) is 0 Å². The second kappa shape index (κ2) is 7.75. The van der Waals surface area contributed by atoms with Gasteiger partial charge in [-0.1, -0.05) is 12.1 Å². The Hall–Kier alpha value is -4.46. The van der Waals surface area contributed by atoms with Crippen LogP contribution in [0.2, 0.25) is 0 Å². The minimum Gasteiger partial charge on any atom is -0.504 e. The van der Waals surface area contributed by atoms with Gasteiger partial charge in [-0.3, -0.25) is 0 Å². The normalized spacial score (nSPS) is 10.9. The van der Waals surface area contributed by atoms with E-state index in [1.807, 2.05) is 48.5 Å². The Morgan fingerprint density at radius 1 is 0.903 bits per heavy atom. The van der Waals surface area contributed by atoms with Crippen LogP contribution in [0.15, 0.2) is 79.6 Å². The molecule has 5 aromatic rings. The molecule has 0 aliphatic heterocycles.